The van der Waals surface area contributed by atoms with Gasteiger partial charge in [-0.15, -0.1) is 11.3 Å². The fourth-order valence-corrected chi connectivity index (χ4v) is 2.54. The zero-order valence-corrected chi connectivity index (χ0v) is 11.0. The standard InChI is InChI=1S/C12H14N2O3S/c1-3-17-11(15)9-7(2)13-12(16)14-10(9)8-5-4-6-18-8/h4-7H,3H2,1-2H3,(H2,13,14,16)/t7-/m1/s1. The van der Waals surface area contributed by atoms with Gasteiger partial charge in [-0.1, -0.05) is 6.07 Å². The molecular formula is C12H14N2O3S. The van der Waals surface area contributed by atoms with E-state index in [1.54, 1.807) is 13.8 Å². The number of hydrogen-bond acceptors (Lipinski definition) is 4. The zero-order valence-electron chi connectivity index (χ0n) is 10.1. The van der Waals surface area contributed by atoms with Crippen LogP contribution in [0.2, 0.25) is 0 Å². The summed E-state index contributed by atoms with van der Waals surface area (Å²) in [7, 11) is 0. The minimum atomic E-state index is -0.402. The molecular weight excluding hydrogens is 252 g/mol. The van der Waals surface area contributed by atoms with Crippen LogP contribution >= 0.6 is 11.3 Å². The molecule has 0 aliphatic carbocycles. The second kappa shape index (κ2) is 5.22. The van der Waals surface area contributed by atoms with Gasteiger partial charge in [0, 0.05) is 0 Å². The summed E-state index contributed by atoms with van der Waals surface area (Å²) in [5, 5.41) is 7.23. The predicted molar refractivity (Wildman–Crippen MR) is 69.0 cm³/mol. The maximum atomic E-state index is 12.0. The van der Waals surface area contributed by atoms with Crippen molar-refractivity contribution in [2.45, 2.75) is 19.9 Å². The Bertz CT molecular complexity index is 493. The van der Waals surface area contributed by atoms with Gasteiger partial charge in [-0.2, -0.15) is 0 Å². The average Bonchev–Trinajstić information content (AvgIpc) is 2.81. The van der Waals surface area contributed by atoms with Gasteiger partial charge in [0.05, 0.1) is 28.8 Å². The molecule has 96 valence electrons. The van der Waals surface area contributed by atoms with Gasteiger partial charge < -0.3 is 15.4 Å². The van der Waals surface area contributed by atoms with E-state index >= 15 is 0 Å². The third kappa shape index (κ3) is 2.38. The van der Waals surface area contributed by atoms with Crippen molar-refractivity contribution in [3.63, 3.8) is 0 Å². The second-order valence-corrected chi connectivity index (χ2v) is 4.75. The molecule has 0 spiro atoms. The Morgan fingerprint density at radius 1 is 1.56 bits per heavy atom. The lowest BCUT2D eigenvalue weighted by Crippen LogP contribution is -2.48. The first kappa shape index (κ1) is 12.6. The second-order valence-electron chi connectivity index (χ2n) is 3.81. The summed E-state index contributed by atoms with van der Waals surface area (Å²) >= 11 is 1.46. The summed E-state index contributed by atoms with van der Waals surface area (Å²) in [6.45, 7) is 3.82. The van der Waals surface area contributed by atoms with Gasteiger partial charge in [0.2, 0.25) is 0 Å². The monoisotopic (exact) mass is 266 g/mol. The maximum absolute atomic E-state index is 12.0. The van der Waals surface area contributed by atoms with E-state index in [4.69, 9.17) is 4.74 Å². The normalized spacial score (nSPS) is 19.2. The fourth-order valence-electron chi connectivity index (χ4n) is 1.81. The van der Waals surface area contributed by atoms with Crippen LogP contribution in [0.4, 0.5) is 4.79 Å². The van der Waals surface area contributed by atoms with Gasteiger partial charge in [0.1, 0.15) is 0 Å². The Kier molecular flexibility index (Phi) is 3.66. The molecule has 0 fully saturated rings. The summed E-state index contributed by atoms with van der Waals surface area (Å²) in [5.74, 6) is -0.402. The van der Waals surface area contributed by atoms with Crippen LogP contribution in [0.5, 0.6) is 0 Å². The molecule has 2 N–H and O–H groups in total. The first-order valence-electron chi connectivity index (χ1n) is 5.66. The molecule has 18 heavy (non-hydrogen) atoms. The summed E-state index contributed by atoms with van der Waals surface area (Å²) in [6.07, 6.45) is 0. The van der Waals surface area contributed by atoms with Crippen molar-refractivity contribution in [3.8, 4) is 0 Å². The van der Waals surface area contributed by atoms with Crippen LogP contribution in [0, 0.1) is 0 Å². The molecule has 6 heteroatoms. The molecule has 0 bridgehead atoms. The third-order valence-electron chi connectivity index (χ3n) is 2.55. The van der Waals surface area contributed by atoms with E-state index in [2.05, 4.69) is 10.6 Å². The van der Waals surface area contributed by atoms with Crippen LogP contribution in [0.25, 0.3) is 5.70 Å². The van der Waals surface area contributed by atoms with Crippen molar-refractivity contribution >= 4 is 29.0 Å². The SMILES string of the molecule is CCOC(=O)C1=C(c2cccs2)NC(=O)N[C@@H]1C. The molecule has 1 aliphatic rings. The number of rotatable bonds is 3. The van der Waals surface area contributed by atoms with Crippen molar-refractivity contribution < 1.29 is 14.3 Å². The molecule has 0 aromatic carbocycles. The van der Waals surface area contributed by atoms with Crippen molar-refractivity contribution in [1.29, 1.82) is 0 Å². The molecule has 2 heterocycles. The van der Waals surface area contributed by atoms with E-state index < -0.39 is 5.97 Å². The number of carbonyl (C=O) groups excluding carboxylic acids is 2. The van der Waals surface area contributed by atoms with Crippen LogP contribution in [0.3, 0.4) is 0 Å². The molecule has 1 aromatic heterocycles. The molecule has 0 radical (unpaired) electrons. The minimum absolute atomic E-state index is 0.306. The van der Waals surface area contributed by atoms with E-state index in [1.165, 1.54) is 11.3 Å². The number of hydrogen-bond donors (Lipinski definition) is 2. The van der Waals surface area contributed by atoms with Gasteiger partial charge in [-0.05, 0) is 25.3 Å². The maximum Gasteiger partial charge on any atom is 0.338 e. The largest absolute Gasteiger partial charge is 0.463 e. The van der Waals surface area contributed by atoms with Crippen molar-refractivity contribution in [1.82, 2.24) is 10.6 Å². The first-order valence-corrected chi connectivity index (χ1v) is 6.54. The number of nitrogens with one attached hydrogen (secondary N) is 2. The van der Waals surface area contributed by atoms with Gasteiger partial charge in [0.15, 0.2) is 0 Å². The summed E-state index contributed by atoms with van der Waals surface area (Å²) < 4.78 is 5.03. The molecule has 0 saturated heterocycles. The van der Waals surface area contributed by atoms with Crippen LogP contribution in [0.15, 0.2) is 23.1 Å². The van der Waals surface area contributed by atoms with E-state index in [-0.39, 0.29) is 12.1 Å². The zero-order chi connectivity index (χ0) is 13.1. The van der Waals surface area contributed by atoms with Crippen LogP contribution in [-0.4, -0.2) is 24.6 Å². The molecule has 2 amide bonds. The van der Waals surface area contributed by atoms with Gasteiger partial charge >= 0.3 is 12.0 Å². The average molecular weight is 266 g/mol. The lowest BCUT2D eigenvalue weighted by atomic mass is 10.0. The van der Waals surface area contributed by atoms with Gasteiger partial charge in [0.25, 0.3) is 0 Å². The Hall–Kier alpha value is -1.82. The number of amides is 2. The number of carbonyl (C=O) groups is 2. The Labute approximate surface area is 109 Å². The number of esters is 1. The number of urea groups is 1. The Balaban J connectivity index is 2.46. The molecule has 2 rings (SSSR count). The summed E-state index contributed by atoms with van der Waals surface area (Å²) in [5.41, 5.74) is 0.999. The highest BCUT2D eigenvalue weighted by Gasteiger charge is 2.30. The smallest absolute Gasteiger partial charge is 0.338 e. The summed E-state index contributed by atoms with van der Waals surface area (Å²) in [6, 6.07) is 3.06. The van der Waals surface area contributed by atoms with Crippen molar-refractivity contribution in [2.24, 2.45) is 0 Å². The highest BCUT2D eigenvalue weighted by Crippen LogP contribution is 2.26. The highest BCUT2D eigenvalue weighted by molar-refractivity contribution is 7.11. The molecule has 5 nitrogen and oxygen atoms in total. The third-order valence-corrected chi connectivity index (χ3v) is 3.44. The van der Waals surface area contributed by atoms with Crippen LogP contribution < -0.4 is 10.6 Å². The molecule has 0 saturated carbocycles. The molecule has 1 aliphatic heterocycles. The van der Waals surface area contributed by atoms with Crippen LogP contribution in [-0.2, 0) is 9.53 Å². The number of ether oxygens (including phenoxy) is 1. The first-order chi connectivity index (χ1) is 8.63. The highest BCUT2D eigenvalue weighted by atomic mass is 32.1. The van der Waals surface area contributed by atoms with Crippen molar-refractivity contribution in [2.75, 3.05) is 6.61 Å². The minimum Gasteiger partial charge on any atom is -0.463 e. The number of thiophene rings is 1. The molecule has 1 atom stereocenters. The molecule has 1 aromatic rings. The van der Waals surface area contributed by atoms with E-state index in [0.717, 1.165) is 4.88 Å². The van der Waals surface area contributed by atoms with Gasteiger partial charge in [-0.25, -0.2) is 9.59 Å². The molecule has 0 unspecified atom stereocenters. The fraction of sp³-hybridized carbons (Fsp3) is 0.333. The summed E-state index contributed by atoms with van der Waals surface area (Å²) in [4.78, 5) is 24.3. The lowest BCUT2D eigenvalue weighted by molar-refractivity contribution is -0.138. The Morgan fingerprint density at radius 2 is 2.33 bits per heavy atom. The van der Waals surface area contributed by atoms with Crippen LogP contribution in [0.1, 0.15) is 18.7 Å². The topological polar surface area (TPSA) is 67.4 Å². The van der Waals surface area contributed by atoms with E-state index in [1.807, 2.05) is 17.5 Å². The lowest BCUT2D eigenvalue weighted by Gasteiger charge is -2.26. The van der Waals surface area contributed by atoms with E-state index in [9.17, 15) is 9.59 Å². The van der Waals surface area contributed by atoms with Gasteiger partial charge in [-0.3, -0.25) is 0 Å². The quantitative estimate of drug-likeness (QED) is 0.819. The Morgan fingerprint density at radius 3 is 2.94 bits per heavy atom. The predicted octanol–water partition coefficient (Wildman–Crippen LogP) is 1.72. The van der Waals surface area contributed by atoms with Crippen molar-refractivity contribution in [3.05, 3.63) is 28.0 Å². The van der Waals surface area contributed by atoms with E-state index in [0.29, 0.717) is 17.9 Å².